The topological polar surface area (TPSA) is 37.8 Å². The van der Waals surface area contributed by atoms with Crippen LogP contribution in [0.1, 0.15) is 34.1 Å². The van der Waals surface area contributed by atoms with Gasteiger partial charge in [0.1, 0.15) is 6.33 Å². The van der Waals surface area contributed by atoms with E-state index >= 15 is 0 Å². The predicted molar refractivity (Wildman–Crippen MR) is 59.2 cm³/mol. The van der Waals surface area contributed by atoms with Crippen LogP contribution < -0.4 is 5.32 Å². The van der Waals surface area contributed by atoms with Gasteiger partial charge in [-0.2, -0.15) is 0 Å². The van der Waals surface area contributed by atoms with Crippen LogP contribution in [0.2, 0.25) is 0 Å². The molecule has 0 radical (unpaired) electrons. The molecule has 0 aliphatic heterocycles. The highest BCUT2D eigenvalue weighted by atomic mass is 15.0. The summed E-state index contributed by atoms with van der Waals surface area (Å²) in [5, 5.41) is 3.37. The van der Waals surface area contributed by atoms with E-state index in [2.05, 4.69) is 43.0 Å². The predicted octanol–water partition coefficient (Wildman–Crippen LogP) is 2.71. The van der Waals surface area contributed by atoms with Crippen molar-refractivity contribution < 1.29 is 0 Å². The van der Waals surface area contributed by atoms with Crippen LogP contribution in [0.3, 0.4) is 0 Å². The van der Waals surface area contributed by atoms with Gasteiger partial charge < -0.3 is 5.32 Å². The van der Waals surface area contributed by atoms with Crippen molar-refractivity contribution in [2.45, 2.75) is 40.2 Å². The van der Waals surface area contributed by atoms with Gasteiger partial charge >= 0.3 is 0 Å². The van der Waals surface area contributed by atoms with Gasteiger partial charge in [0.25, 0.3) is 0 Å². The van der Waals surface area contributed by atoms with Crippen molar-refractivity contribution in [3.63, 3.8) is 0 Å². The first-order chi connectivity index (χ1) is 6.47. The first-order valence-corrected chi connectivity index (χ1v) is 4.99. The summed E-state index contributed by atoms with van der Waals surface area (Å²) in [6.07, 6.45) is 6.26. The third kappa shape index (κ3) is 4.21. The maximum absolute atomic E-state index is 3.96. The fraction of sp³-hybridized carbons (Fsp3) is 0.636. The molecule has 1 rings (SSSR count). The lowest BCUT2D eigenvalue weighted by Gasteiger charge is -2.24. The molecular weight excluding hydrogens is 174 g/mol. The minimum absolute atomic E-state index is 0.349. The fourth-order valence-corrected chi connectivity index (χ4v) is 1.63. The summed E-state index contributed by atoms with van der Waals surface area (Å²) in [5.41, 5.74) is 1.34. The van der Waals surface area contributed by atoms with Crippen molar-refractivity contribution in [1.29, 1.82) is 0 Å². The zero-order chi connectivity index (χ0) is 10.6. The highest BCUT2D eigenvalue weighted by Gasteiger charge is 2.14. The number of rotatable bonds is 3. The van der Waals surface area contributed by atoms with Gasteiger partial charge in [-0.1, -0.05) is 20.8 Å². The van der Waals surface area contributed by atoms with E-state index in [1.54, 1.807) is 18.7 Å². The summed E-state index contributed by atoms with van der Waals surface area (Å²) in [6, 6.07) is 0.445. The summed E-state index contributed by atoms with van der Waals surface area (Å²) >= 11 is 0. The largest absolute Gasteiger partial charge is 0.380 e. The van der Waals surface area contributed by atoms with E-state index in [-0.39, 0.29) is 0 Å². The van der Waals surface area contributed by atoms with Crippen LogP contribution in [0, 0.1) is 5.41 Å². The lowest BCUT2D eigenvalue weighted by atomic mass is 9.89. The fourth-order valence-electron chi connectivity index (χ4n) is 1.63. The van der Waals surface area contributed by atoms with Crippen molar-refractivity contribution in [3.05, 3.63) is 18.7 Å². The van der Waals surface area contributed by atoms with Crippen molar-refractivity contribution >= 4 is 5.69 Å². The van der Waals surface area contributed by atoms with E-state index in [4.69, 9.17) is 0 Å². The Morgan fingerprint density at radius 3 is 2.36 bits per heavy atom. The Morgan fingerprint density at radius 1 is 1.29 bits per heavy atom. The third-order valence-corrected chi connectivity index (χ3v) is 1.89. The van der Waals surface area contributed by atoms with Gasteiger partial charge in [0.15, 0.2) is 0 Å². The molecule has 0 saturated carbocycles. The molecule has 0 aromatic carbocycles. The minimum Gasteiger partial charge on any atom is -0.380 e. The Labute approximate surface area is 86.0 Å². The van der Waals surface area contributed by atoms with Crippen LogP contribution in [0.5, 0.6) is 0 Å². The van der Waals surface area contributed by atoms with E-state index in [9.17, 15) is 0 Å². The van der Waals surface area contributed by atoms with Gasteiger partial charge in [-0.15, -0.1) is 0 Å². The van der Waals surface area contributed by atoms with Crippen molar-refractivity contribution in [1.82, 2.24) is 9.97 Å². The first kappa shape index (κ1) is 11.0. The molecule has 1 heterocycles. The summed E-state index contributed by atoms with van der Waals surface area (Å²) in [5.74, 6) is 0. The molecule has 1 aromatic heterocycles. The molecule has 1 aromatic rings. The number of hydrogen-bond acceptors (Lipinski definition) is 3. The normalized spacial score (nSPS) is 13.7. The van der Waals surface area contributed by atoms with Gasteiger partial charge in [0, 0.05) is 6.04 Å². The second kappa shape index (κ2) is 4.40. The molecule has 78 valence electrons. The van der Waals surface area contributed by atoms with Crippen molar-refractivity contribution in [2.75, 3.05) is 5.32 Å². The van der Waals surface area contributed by atoms with Crippen LogP contribution in [-0.2, 0) is 0 Å². The Morgan fingerprint density at radius 2 is 1.86 bits per heavy atom. The van der Waals surface area contributed by atoms with Crippen LogP contribution in [0.15, 0.2) is 18.7 Å². The Kier molecular flexibility index (Phi) is 3.44. The van der Waals surface area contributed by atoms with Gasteiger partial charge in [-0.3, -0.25) is 0 Å². The maximum atomic E-state index is 3.96. The Balaban J connectivity index is 2.46. The van der Waals surface area contributed by atoms with E-state index in [1.807, 2.05) is 0 Å². The highest BCUT2D eigenvalue weighted by molar-refractivity contribution is 5.38. The number of aromatic nitrogens is 2. The van der Waals surface area contributed by atoms with Crippen LogP contribution >= 0.6 is 0 Å². The molecule has 14 heavy (non-hydrogen) atoms. The van der Waals surface area contributed by atoms with E-state index in [0.717, 1.165) is 12.1 Å². The number of anilines is 1. The molecule has 1 N–H and O–H groups in total. The maximum Gasteiger partial charge on any atom is 0.115 e. The number of nitrogens with zero attached hydrogens (tertiary/aromatic N) is 2. The Bertz CT molecular complexity index is 264. The Hall–Kier alpha value is -1.12. The van der Waals surface area contributed by atoms with Crippen molar-refractivity contribution in [2.24, 2.45) is 5.41 Å². The van der Waals surface area contributed by atoms with Crippen molar-refractivity contribution in [3.8, 4) is 0 Å². The zero-order valence-corrected chi connectivity index (χ0v) is 9.41. The highest BCUT2D eigenvalue weighted by Crippen LogP contribution is 2.22. The average molecular weight is 193 g/mol. The third-order valence-electron chi connectivity index (χ3n) is 1.89. The molecule has 0 aliphatic carbocycles. The molecule has 0 aliphatic rings. The summed E-state index contributed by atoms with van der Waals surface area (Å²) in [7, 11) is 0. The molecule has 1 atom stereocenters. The van der Waals surface area contributed by atoms with Gasteiger partial charge in [-0.05, 0) is 18.8 Å². The molecule has 0 bridgehead atoms. The summed E-state index contributed by atoms with van der Waals surface area (Å²) in [6.45, 7) is 8.91. The second-order valence-electron chi connectivity index (χ2n) is 4.94. The monoisotopic (exact) mass is 193 g/mol. The molecule has 0 spiro atoms. The summed E-state index contributed by atoms with van der Waals surface area (Å²) < 4.78 is 0. The molecule has 1 unspecified atom stereocenters. The van der Waals surface area contributed by atoms with Crippen LogP contribution in [0.4, 0.5) is 5.69 Å². The lowest BCUT2D eigenvalue weighted by molar-refractivity contribution is 0.358. The molecule has 3 heteroatoms. The number of hydrogen-bond donors (Lipinski definition) is 1. The van der Waals surface area contributed by atoms with E-state index in [0.29, 0.717) is 11.5 Å². The lowest BCUT2D eigenvalue weighted by Crippen LogP contribution is -2.22. The average Bonchev–Trinajstić information content (AvgIpc) is 2.02. The SMILES string of the molecule is CC(CC(C)(C)C)Nc1cncnc1. The van der Waals surface area contributed by atoms with Gasteiger partial charge in [-0.25, -0.2) is 9.97 Å². The molecule has 0 fully saturated rings. The second-order valence-corrected chi connectivity index (χ2v) is 4.94. The molecule has 0 amide bonds. The van der Waals surface area contributed by atoms with E-state index < -0.39 is 0 Å². The van der Waals surface area contributed by atoms with E-state index in [1.165, 1.54) is 0 Å². The number of nitrogens with one attached hydrogen (secondary N) is 1. The minimum atomic E-state index is 0.349. The molecule has 3 nitrogen and oxygen atoms in total. The first-order valence-electron chi connectivity index (χ1n) is 4.99. The zero-order valence-electron chi connectivity index (χ0n) is 9.41. The quantitative estimate of drug-likeness (QED) is 0.802. The molecule has 0 saturated heterocycles. The summed E-state index contributed by atoms with van der Waals surface area (Å²) in [4.78, 5) is 7.92. The van der Waals surface area contributed by atoms with Crippen LogP contribution in [0.25, 0.3) is 0 Å². The molecular formula is C11H19N3. The standard InChI is InChI=1S/C11H19N3/c1-9(5-11(2,3)4)14-10-6-12-8-13-7-10/h6-9,14H,5H2,1-4H3. The van der Waals surface area contributed by atoms with Gasteiger partial charge in [0.2, 0.25) is 0 Å². The smallest absolute Gasteiger partial charge is 0.115 e. The van der Waals surface area contributed by atoms with Gasteiger partial charge in [0.05, 0.1) is 18.1 Å². The van der Waals surface area contributed by atoms with Crippen LogP contribution in [-0.4, -0.2) is 16.0 Å².